The molecule has 1 aromatic carbocycles. The van der Waals surface area contributed by atoms with E-state index in [1.54, 1.807) is 12.4 Å². The Kier molecular flexibility index (Phi) is 5.89. The third-order valence-electron chi connectivity index (χ3n) is 3.17. The maximum Gasteiger partial charge on any atom is 0.258 e. The van der Waals surface area contributed by atoms with E-state index in [0.29, 0.717) is 11.5 Å². The molecule has 0 fully saturated rings. The molecule has 0 spiro atoms. The minimum Gasteiger partial charge on any atom is -0.344 e. The molecule has 0 aliphatic rings. The summed E-state index contributed by atoms with van der Waals surface area (Å²) in [5.74, 6) is 0.410. The second kappa shape index (κ2) is 7.89. The molecule has 1 N–H and O–H groups in total. The van der Waals surface area contributed by atoms with E-state index in [4.69, 9.17) is 0 Å². The Balaban J connectivity index is 2.02. The third kappa shape index (κ3) is 4.53. The van der Waals surface area contributed by atoms with Crippen LogP contribution in [0.2, 0.25) is 0 Å². The molecule has 0 atom stereocenters. The molecule has 0 unspecified atom stereocenters. The van der Waals surface area contributed by atoms with Crippen molar-refractivity contribution in [2.75, 3.05) is 23.8 Å². The van der Waals surface area contributed by atoms with E-state index < -0.39 is 0 Å². The molecule has 0 saturated carbocycles. The van der Waals surface area contributed by atoms with E-state index >= 15 is 0 Å². The Hall–Kier alpha value is -1.95. The van der Waals surface area contributed by atoms with Crippen molar-refractivity contribution in [3.05, 3.63) is 46.7 Å². The van der Waals surface area contributed by atoms with Gasteiger partial charge >= 0.3 is 0 Å². The van der Waals surface area contributed by atoms with Crippen molar-refractivity contribution in [2.45, 2.75) is 19.8 Å². The topological polar surface area (TPSA) is 58.1 Å². The van der Waals surface area contributed by atoms with E-state index in [1.807, 2.05) is 36.2 Å². The Morgan fingerprint density at radius 2 is 2.05 bits per heavy atom. The lowest BCUT2D eigenvalue weighted by molar-refractivity contribution is 0.102. The lowest BCUT2D eigenvalue weighted by atomic mass is 10.3. The van der Waals surface area contributed by atoms with Crippen LogP contribution in [0.5, 0.6) is 0 Å². The summed E-state index contributed by atoms with van der Waals surface area (Å²) < 4.78 is 0.912. The van der Waals surface area contributed by atoms with Crippen molar-refractivity contribution in [2.24, 2.45) is 0 Å². The highest BCUT2D eigenvalue weighted by Crippen LogP contribution is 2.16. The zero-order chi connectivity index (χ0) is 15.9. The number of unbranched alkanes of at least 4 members (excludes halogenated alkanes) is 1. The molecule has 22 heavy (non-hydrogen) atoms. The summed E-state index contributed by atoms with van der Waals surface area (Å²) in [4.78, 5) is 22.7. The van der Waals surface area contributed by atoms with Gasteiger partial charge in [0.25, 0.3) is 5.91 Å². The van der Waals surface area contributed by atoms with Crippen molar-refractivity contribution in [3.63, 3.8) is 0 Å². The number of benzene rings is 1. The summed E-state index contributed by atoms with van der Waals surface area (Å²) in [5, 5.41) is 2.82. The van der Waals surface area contributed by atoms with Crippen molar-refractivity contribution in [1.82, 2.24) is 9.97 Å². The van der Waals surface area contributed by atoms with Crippen molar-refractivity contribution in [3.8, 4) is 0 Å². The van der Waals surface area contributed by atoms with Gasteiger partial charge < -0.3 is 10.2 Å². The highest BCUT2D eigenvalue weighted by Gasteiger charge is 2.09. The molecule has 0 bridgehead atoms. The molecule has 6 heteroatoms. The SMILES string of the molecule is CCCCN(C)c1ncc(C(=O)Nc2cccc(Br)c2)cn1. The average molecular weight is 363 g/mol. The second-order valence-electron chi connectivity index (χ2n) is 5.01. The number of nitrogens with one attached hydrogen (secondary N) is 1. The Morgan fingerprint density at radius 3 is 2.68 bits per heavy atom. The summed E-state index contributed by atoms with van der Waals surface area (Å²) in [6.45, 7) is 3.05. The van der Waals surface area contributed by atoms with Crippen LogP contribution in [-0.2, 0) is 0 Å². The third-order valence-corrected chi connectivity index (χ3v) is 3.66. The van der Waals surface area contributed by atoms with Gasteiger partial charge in [-0.15, -0.1) is 0 Å². The van der Waals surface area contributed by atoms with E-state index in [-0.39, 0.29) is 5.91 Å². The Bertz CT molecular complexity index is 630. The van der Waals surface area contributed by atoms with Gasteiger partial charge in [-0.3, -0.25) is 4.79 Å². The molecule has 1 aromatic heterocycles. The van der Waals surface area contributed by atoms with Crippen LogP contribution in [0.1, 0.15) is 30.1 Å². The zero-order valence-electron chi connectivity index (χ0n) is 12.7. The number of amides is 1. The Morgan fingerprint density at radius 1 is 1.32 bits per heavy atom. The quantitative estimate of drug-likeness (QED) is 0.850. The monoisotopic (exact) mass is 362 g/mol. The van der Waals surface area contributed by atoms with Gasteiger partial charge in [-0.2, -0.15) is 0 Å². The van der Waals surface area contributed by atoms with Gasteiger partial charge in [0.05, 0.1) is 5.56 Å². The van der Waals surface area contributed by atoms with Gasteiger partial charge in [-0.25, -0.2) is 9.97 Å². The molecule has 5 nitrogen and oxygen atoms in total. The summed E-state index contributed by atoms with van der Waals surface area (Å²) in [5.41, 5.74) is 1.16. The summed E-state index contributed by atoms with van der Waals surface area (Å²) >= 11 is 3.37. The maximum atomic E-state index is 12.2. The van der Waals surface area contributed by atoms with Gasteiger partial charge in [0, 0.05) is 36.1 Å². The normalized spacial score (nSPS) is 10.3. The minimum absolute atomic E-state index is 0.221. The van der Waals surface area contributed by atoms with E-state index in [2.05, 4.69) is 38.1 Å². The van der Waals surface area contributed by atoms with Crippen molar-refractivity contribution >= 4 is 33.5 Å². The molecule has 1 amide bonds. The molecule has 1 heterocycles. The first kappa shape index (κ1) is 16.4. The fourth-order valence-corrected chi connectivity index (χ4v) is 2.30. The van der Waals surface area contributed by atoms with Crippen molar-refractivity contribution < 1.29 is 4.79 Å². The van der Waals surface area contributed by atoms with Crippen LogP contribution < -0.4 is 10.2 Å². The molecule has 0 saturated heterocycles. The molecular formula is C16H19BrN4O. The highest BCUT2D eigenvalue weighted by atomic mass is 79.9. The lowest BCUT2D eigenvalue weighted by Crippen LogP contribution is -2.21. The summed E-state index contributed by atoms with van der Waals surface area (Å²) in [6.07, 6.45) is 5.32. The first-order chi connectivity index (χ1) is 10.6. The minimum atomic E-state index is -0.221. The van der Waals surface area contributed by atoms with Gasteiger partial charge in [0.15, 0.2) is 0 Å². The van der Waals surface area contributed by atoms with Gasteiger partial charge in [0.2, 0.25) is 5.95 Å². The molecule has 116 valence electrons. The first-order valence-electron chi connectivity index (χ1n) is 7.20. The number of nitrogens with zero attached hydrogens (tertiary/aromatic N) is 3. The van der Waals surface area contributed by atoms with Crippen LogP contribution >= 0.6 is 15.9 Å². The van der Waals surface area contributed by atoms with Crippen molar-refractivity contribution in [1.29, 1.82) is 0 Å². The second-order valence-corrected chi connectivity index (χ2v) is 5.93. The zero-order valence-corrected chi connectivity index (χ0v) is 14.3. The molecule has 2 aromatic rings. The standard InChI is InChI=1S/C16H19BrN4O/c1-3-4-8-21(2)16-18-10-12(11-19-16)15(22)20-14-7-5-6-13(17)9-14/h5-7,9-11H,3-4,8H2,1-2H3,(H,20,22). The number of carbonyl (C=O) groups is 1. The Labute approximate surface area is 138 Å². The number of hydrogen-bond acceptors (Lipinski definition) is 4. The van der Waals surface area contributed by atoms with Crippen LogP contribution in [-0.4, -0.2) is 29.5 Å². The number of aromatic nitrogens is 2. The first-order valence-corrected chi connectivity index (χ1v) is 7.99. The van der Waals surface area contributed by atoms with Gasteiger partial charge in [-0.05, 0) is 24.6 Å². The van der Waals surface area contributed by atoms with Gasteiger partial charge in [0.1, 0.15) is 0 Å². The fourth-order valence-electron chi connectivity index (χ4n) is 1.90. The van der Waals surface area contributed by atoms with Crippen LogP contribution in [0.15, 0.2) is 41.1 Å². The predicted molar refractivity (Wildman–Crippen MR) is 92.3 cm³/mol. The number of anilines is 2. The van der Waals surface area contributed by atoms with Crippen LogP contribution in [0, 0.1) is 0 Å². The van der Waals surface area contributed by atoms with E-state index in [0.717, 1.165) is 29.5 Å². The molecule has 2 rings (SSSR count). The number of hydrogen-bond donors (Lipinski definition) is 1. The summed E-state index contributed by atoms with van der Waals surface area (Å²) in [7, 11) is 1.95. The maximum absolute atomic E-state index is 12.2. The summed E-state index contributed by atoms with van der Waals surface area (Å²) in [6, 6.07) is 7.43. The van der Waals surface area contributed by atoms with Crippen LogP contribution in [0.4, 0.5) is 11.6 Å². The smallest absolute Gasteiger partial charge is 0.258 e. The lowest BCUT2D eigenvalue weighted by Gasteiger charge is -2.16. The highest BCUT2D eigenvalue weighted by molar-refractivity contribution is 9.10. The fraction of sp³-hybridized carbons (Fsp3) is 0.312. The molecule has 0 aliphatic carbocycles. The molecular weight excluding hydrogens is 344 g/mol. The molecule has 0 radical (unpaired) electrons. The number of halogens is 1. The number of rotatable bonds is 6. The van der Waals surface area contributed by atoms with E-state index in [9.17, 15) is 4.79 Å². The van der Waals surface area contributed by atoms with Crippen LogP contribution in [0.25, 0.3) is 0 Å². The average Bonchev–Trinajstić information content (AvgIpc) is 2.52. The van der Waals surface area contributed by atoms with E-state index in [1.165, 1.54) is 0 Å². The number of carbonyl (C=O) groups excluding carboxylic acids is 1. The van der Waals surface area contributed by atoms with Gasteiger partial charge in [-0.1, -0.05) is 35.3 Å². The largest absolute Gasteiger partial charge is 0.344 e. The predicted octanol–water partition coefficient (Wildman–Crippen LogP) is 3.73. The van der Waals surface area contributed by atoms with Crippen LogP contribution in [0.3, 0.4) is 0 Å². The molecule has 0 aliphatic heterocycles.